The van der Waals surface area contributed by atoms with E-state index in [0.717, 1.165) is 154 Å². The van der Waals surface area contributed by atoms with Crippen molar-refractivity contribution in [2.75, 3.05) is 40.9 Å². The number of amides is 1. The molecule has 3 unspecified atom stereocenters. The van der Waals surface area contributed by atoms with E-state index in [0.29, 0.717) is 17.4 Å². The van der Waals surface area contributed by atoms with E-state index in [1.165, 1.54) is 128 Å². The summed E-state index contributed by atoms with van der Waals surface area (Å²) >= 11 is 0. The van der Waals surface area contributed by atoms with Crippen molar-refractivity contribution in [1.29, 1.82) is 0 Å². The van der Waals surface area contributed by atoms with Crippen LogP contribution in [0.3, 0.4) is 0 Å². The van der Waals surface area contributed by atoms with Gasteiger partial charge in [0, 0.05) is 12.8 Å². The third-order valence-electron chi connectivity index (χ3n) is 16.3. The molecule has 10 heteroatoms. The van der Waals surface area contributed by atoms with Crippen LogP contribution in [0.5, 0.6) is 0 Å². The maximum Gasteiger partial charge on any atom is 0.306 e. The Labute approximate surface area is 574 Å². The van der Waals surface area contributed by atoms with E-state index in [9.17, 15) is 19.0 Å². The molecule has 532 valence electrons. The number of unbranched alkanes of at least 4 members (excludes halogenated alkanes) is 30. The van der Waals surface area contributed by atoms with Gasteiger partial charge in [-0.15, -0.1) is 0 Å². The second-order valence-corrected chi connectivity index (χ2v) is 27.8. The average Bonchev–Trinajstić information content (AvgIpc) is 2.31. The number of nitrogens with one attached hydrogen (secondary N) is 1. The minimum absolute atomic E-state index is 0.0314. The van der Waals surface area contributed by atoms with Gasteiger partial charge in [0.15, 0.2) is 0 Å². The van der Waals surface area contributed by atoms with Crippen molar-refractivity contribution in [2.24, 2.45) is 0 Å². The van der Waals surface area contributed by atoms with Crippen molar-refractivity contribution in [3.8, 4) is 0 Å². The maximum atomic E-state index is 13.6. The number of ether oxygens (including phenoxy) is 1. The quantitative estimate of drug-likeness (QED) is 0.0212. The summed E-state index contributed by atoms with van der Waals surface area (Å²) in [6.45, 7) is 6.62. The lowest BCUT2D eigenvalue weighted by Crippen LogP contribution is -2.47. The highest BCUT2D eigenvalue weighted by Crippen LogP contribution is 2.38. The second-order valence-electron chi connectivity index (χ2n) is 26.4. The predicted octanol–water partition coefficient (Wildman–Crippen LogP) is 24.3. The number of carbonyl (C=O) groups is 2. The minimum atomic E-state index is -4.72. The van der Waals surface area contributed by atoms with Crippen LogP contribution in [0, 0.1) is 0 Å². The molecule has 0 heterocycles. The van der Waals surface area contributed by atoms with E-state index in [4.69, 9.17) is 13.8 Å². The highest BCUT2D eigenvalue weighted by Gasteiger charge is 2.27. The van der Waals surface area contributed by atoms with Gasteiger partial charge in [-0.25, -0.2) is 0 Å². The normalized spacial score (nSPS) is 14.3. The van der Waals surface area contributed by atoms with Gasteiger partial charge in [0.1, 0.15) is 19.3 Å². The third kappa shape index (κ3) is 72.0. The third-order valence-corrected chi connectivity index (χ3v) is 17.2. The molecule has 0 saturated carbocycles. The first kappa shape index (κ1) is 88.9. The van der Waals surface area contributed by atoms with E-state index in [-0.39, 0.29) is 24.9 Å². The van der Waals surface area contributed by atoms with Crippen molar-refractivity contribution in [3.05, 3.63) is 146 Å². The lowest BCUT2D eigenvalue weighted by Gasteiger charge is -2.30. The number of nitrogens with zero attached hydrogens (tertiary/aromatic N) is 1. The van der Waals surface area contributed by atoms with Crippen molar-refractivity contribution >= 4 is 19.7 Å². The molecule has 0 aromatic heterocycles. The second kappa shape index (κ2) is 70.7. The molecule has 3 atom stereocenters. The number of likely N-dealkylation sites (N-methyl/N-ethyl adjacent to an activating group) is 1. The topological polar surface area (TPSA) is 114 Å². The number of allylic oxidation sites excluding steroid dienone is 23. The minimum Gasteiger partial charge on any atom is -0.756 e. The van der Waals surface area contributed by atoms with Crippen LogP contribution >= 0.6 is 7.82 Å². The summed E-state index contributed by atoms with van der Waals surface area (Å²) in [6, 6.07) is -0.906. The summed E-state index contributed by atoms with van der Waals surface area (Å²) in [5, 5.41) is 3.04. The molecule has 0 spiro atoms. The molecule has 0 radical (unpaired) electrons. The van der Waals surface area contributed by atoms with Gasteiger partial charge in [-0.05, 0) is 128 Å². The first-order chi connectivity index (χ1) is 45.4. The molecule has 0 aliphatic carbocycles. The molecule has 0 aliphatic heterocycles. The van der Waals surface area contributed by atoms with E-state index in [1.54, 1.807) is 0 Å². The van der Waals surface area contributed by atoms with Crippen LogP contribution in [0.4, 0.5) is 0 Å². The number of carbonyl (C=O) groups excluding carboxylic acids is 2. The van der Waals surface area contributed by atoms with E-state index >= 15 is 0 Å². The number of hydrogen-bond acceptors (Lipinski definition) is 7. The fourth-order valence-corrected chi connectivity index (χ4v) is 11.2. The van der Waals surface area contributed by atoms with Gasteiger partial charge >= 0.3 is 5.97 Å². The van der Waals surface area contributed by atoms with Gasteiger partial charge in [0.25, 0.3) is 7.82 Å². The SMILES string of the molecule is CC/C=C\C/C=C\C/C=C\C/C=C\C/C=C\C/C=C\CCCCCCCCCCC(=O)NC(COP(=O)([O-])OCC[N+](C)(C)C)C(/C=C/CCCCCCCCCCCCC)OC(=O)CCCCCCCCCCCCC/C=C\C/C=C\C/C=C\C/C=C\C/C=C\CC. The van der Waals surface area contributed by atoms with Crippen LogP contribution in [-0.2, 0) is 27.9 Å². The van der Waals surface area contributed by atoms with Crippen LogP contribution in [0.1, 0.15) is 316 Å². The van der Waals surface area contributed by atoms with Gasteiger partial charge in [-0.3, -0.25) is 14.2 Å². The summed E-state index contributed by atoms with van der Waals surface area (Å²) in [7, 11) is 1.16. The van der Waals surface area contributed by atoms with Gasteiger partial charge in [-0.2, -0.15) is 0 Å². The zero-order valence-corrected chi connectivity index (χ0v) is 61.8. The van der Waals surface area contributed by atoms with Crippen LogP contribution in [-0.4, -0.2) is 69.4 Å². The standard InChI is InChI=1S/C83H143N2O7P/c1-7-10-13-16-19-22-25-28-30-32-34-36-38-40-42-44-46-48-50-52-54-57-60-63-66-69-72-75-82(86)84-80(79-91-93(88,89)90-78-77-85(4,5)6)81(74-71-68-65-62-59-56-27-24-21-18-15-12-9-3)92-83(87)76-73-70-67-64-61-58-55-53-51-49-47-45-43-41-39-37-35-33-31-29-26-23-20-17-14-11-8-2/h10-11,13-14,19-20,22-23,28-31,34-37,40-43,46,48,71,74,80-81H,7-9,12,15-18,21,24-27,32-33,38-39,44-45,47,49-70,72-73,75-79H2,1-6H3,(H-,84,86,88,89)/b13-10-,14-11-,22-19-,23-20-,30-28-,31-29-,36-34-,37-35-,42-40-,43-41-,48-46-,74-71+. The Balaban J connectivity index is 5.07. The number of esters is 1. The van der Waals surface area contributed by atoms with Crippen molar-refractivity contribution in [3.63, 3.8) is 0 Å². The van der Waals surface area contributed by atoms with Gasteiger partial charge in [0.2, 0.25) is 5.91 Å². The van der Waals surface area contributed by atoms with Crippen LogP contribution < -0.4 is 10.2 Å². The Bertz CT molecular complexity index is 2100. The largest absolute Gasteiger partial charge is 0.756 e. The van der Waals surface area contributed by atoms with Crippen LogP contribution in [0.2, 0.25) is 0 Å². The summed E-state index contributed by atoms with van der Waals surface area (Å²) in [5.41, 5.74) is 0. The molecule has 0 rings (SSSR count). The fourth-order valence-electron chi connectivity index (χ4n) is 10.5. The van der Waals surface area contributed by atoms with Gasteiger partial charge < -0.3 is 28.5 Å². The van der Waals surface area contributed by atoms with Crippen LogP contribution in [0.15, 0.2) is 146 Å². The monoisotopic (exact) mass is 1310 g/mol. The summed E-state index contributed by atoms with van der Waals surface area (Å²) < 4.78 is 30.5. The lowest BCUT2D eigenvalue weighted by atomic mass is 10.0. The number of hydrogen-bond donors (Lipinski definition) is 1. The number of quaternary nitrogens is 1. The summed E-state index contributed by atoms with van der Waals surface area (Å²) in [4.78, 5) is 40.3. The average molecular weight is 1310 g/mol. The lowest BCUT2D eigenvalue weighted by molar-refractivity contribution is -0.870. The van der Waals surface area contributed by atoms with E-state index in [1.807, 2.05) is 33.3 Å². The first-order valence-corrected chi connectivity index (χ1v) is 39.6. The summed E-state index contributed by atoms with van der Waals surface area (Å²) in [6.07, 6.45) is 103. The molecule has 1 N–H and O–H groups in total. The van der Waals surface area contributed by atoms with Gasteiger partial charge in [-0.1, -0.05) is 321 Å². The van der Waals surface area contributed by atoms with Crippen molar-refractivity contribution in [1.82, 2.24) is 5.32 Å². The fraction of sp³-hybridized carbons (Fsp3) is 0.687. The predicted molar refractivity (Wildman–Crippen MR) is 403 cm³/mol. The summed E-state index contributed by atoms with van der Waals surface area (Å²) in [5.74, 6) is -0.556. The molecule has 0 aromatic carbocycles. The zero-order valence-electron chi connectivity index (χ0n) is 60.9. The Morgan fingerprint density at radius 1 is 0.387 bits per heavy atom. The molecule has 0 bridgehead atoms. The Morgan fingerprint density at radius 3 is 1.03 bits per heavy atom. The van der Waals surface area contributed by atoms with Crippen molar-refractivity contribution < 1.29 is 37.3 Å². The van der Waals surface area contributed by atoms with Gasteiger partial charge in [0.05, 0.1) is 33.8 Å². The molecule has 0 saturated heterocycles. The molecule has 1 amide bonds. The Morgan fingerprint density at radius 2 is 0.688 bits per heavy atom. The number of rotatable bonds is 68. The molecule has 0 fully saturated rings. The highest BCUT2D eigenvalue weighted by atomic mass is 31.2. The van der Waals surface area contributed by atoms with E-state index in [2.05, 4.69) is 160 Å². The van der Waals surface area contributed by atoms with E-state index < -0.39 is 26.6 Å². The molecular weight excluding hydrogens is 1170 g/mol. The molecular formula is C83H143N2O7P. The zero-order chi connectivity index (χ0) is 67.8. The number of phosphoric ester groups is 1. The molecule has 0 aliphatic rings. The molecule has 9 nitrogen and oxygen atoms in total. The first-order valence-electron chi connectivity index (χ1n) is 38.1. The van der Waals surface area contributed by atoms with Crippen molar-refractivity contribution in [2.45, 2.75) is 328 Å². The highest BCUT2D eigenvalue weighted by molar-refractivity contribution is 7.45. The Hall–Kier alpha value is -4.11. The molecule has 93 heavy (non-hydrogen) atoms. The smallest absolute Gasteiger partial charge is 0.306 e. The molecule has 0 aromatic rings. The number of phosphoric acid groups is 1. The van der Waals surface area contributed by atoms with Crippen LogP contribution in [0.25, 0.3) is 0 Å². The Kier molecular flexibility index (Phi) is 67.6. The maximum absolute atomic E-state index is 13.6.